The number of nitrogens with zero attached hydrogens (tertiary/aromatic N) is 3. The molecular weight excluding hydrogens is 424 g/mol. The number of para-hydroxylation sites is 1. The smallest absolute Gasteiger partial charge is 0.265 e. The van der Waals surface area contributed by atoms with Crippen LogP contribution in [0.25, 0.3) is 10.9 Å². The van der Waals surface area contributed by atoms with Crippen molar-refractivity contribution < 1.29 is 8.42 Å². The summed E-state index contributed by atoms with van der Waals surface area (Å²) in [6.45, 7) is 0.355. The van der Waals surface area contributed by atoms with Gasteiger partial charge in [-0.05, 0) is 48.5 Å². The Balaban J connectivity index is 1.59. The molecule has 160 valence electrons. The van der Waals surface area contributed by atoms with E-state index in [1.807, 2.05) is 12.1 Å². The van der Waals surface area contributed by atoms with Crippen LogP contribution in [0.5, 0.6) is 0 Å². The van der Waals surface area contributed by atoms with Crippen molar-refractivity contribution in [3.63, 3.8) is 0 Å². The third-order valence-corrected chi connectivity index (χ3v) is 6.23. The predicted octanol–water partition coefficient (Wildman–Crippen LogP) is 3.96. The Morgan fingerprint density at radius 3 is 2.53 bits per heavy atom. The van der Waals surface area contributed by atoms with Gasteiger partial charge in [-0.1, -0.05) is 18.2 Å². The predicted molar refractivity (Wildman–Crippen MR) is 125 cm³/mol. The summed E-state index contributed by atoms with van der Waals surface area (Å²) < 4.78 is 28.7. The van der Waals surface area contributed by atoms with E-state index < -0.39 is 10.0 Å². The van der Waals surface area contributed by atoms with Gasteiger partial charge in [-0.2, -0.15) is 5.26 Å². The maximum Gasteiger partial charge on any atom is 0.265 e. The lowest BCUT2D eigenvalue weighted by Crippen LogP contribution is -2.16. The molecule has 2 aromatic heterocycles. The van der Waals surface area contributed by atoms with E-state index in [-0.39, 0.29) is 10.7 Å². The molecule has 4 aromatic rings. The number of hydrogen-bond donors (Lipinski definition) is 3. The van der Waals surface area contributed by atoms with Crippen LogP contribution in [0.4, 0.5) is 17.2 Å². The molecule has 32 heavy (non-hydrogen) atoms. The van der Waals surface area contributed by atoms with E-state index in [1.54, 1.807) is 61.8 Å². The highest BCUT2D eigenvalue weighted by Gasteiger charge is 2.19. The lowest BCUT2D eigenvalue weighted by Gasteiger charge is -2.14. The fourth-order valence-corrected chi connectivity index (χ4v) is 4.44. The minimum Gasteiger partial charge on any atom is -0.387 e. The first kappa shape index (κ1) is 21.1. The SMILES string of the molecule is CNc1ccc(NS(=O)(=O)c2cccc3cccnc23)nc1CNc1ccc(C#N)cc1. The number of anilines is 3. The van der Waals surface area contributed by atoms with Crippen molar-refractivity contribution in [1.29, 1.82) is 5.26 Å². The van der Waals surface area contributed by atoms with E-state index in [0.29, 0.717) is 23.3 Å². The molecule has 0 fully saturated rings. The van der Waals surface area contributed by atoms with Crippen molar-refractivity contribution in [3.05, 3.63) is 84.2 Å². The summed E-state index contributed by atoms with van der Waals surface area (Å²) in [6.07, 6.45) is 1.56. The normalized spacial score (nSPS) is 11.0. The maximum absolute atomic E-state index is 13.1. The van der Waals surface area contributed by atoms with Crippen molar-refractivity contribution in [2.24, 2.45) is 0 Å². The number of aromatic nitrogens is 2. The molecule has 0 bridgehead atoms. The topological polar surface area (TPSA) is 120 Å². The third-order valence-electron chi connectivity index (χ3n) is 4.84. The Hall–Kier alpha value is -4.16. The van der Waals surface area contributed by atoms with Crippen LogP contribution in [-0.2, 0) is 16.6 Å². The average molecular weight is 445 g/mol. The molecule has 0 saturated carbocycles. The summed E-state index contributed by atoms with van der Waals surface area (Å²) in [4.78, 5) is 8.81. The minimum atomic E-state index is -3.90. The van der Waals surface area contributed by atoms with Crippen molar-refractivity contribution >= 4 is 38.1 Å². The van der Waals surface area contributed by atoms with Gasteiger partial charge in [0.25, 0.3) is 10.0 Å². The highest BCUT2D eigenvalue weighted by atomic mass is 32.2. The number of nitrogens with one attached hydrogen (secondary N) is 3. The zero-order valence-corrected chi connectivity index (χ0v) is 18.0. The highest BCUT2D eigenvalue weighted by molar-refractivity contribution is 7.93. The number of fused-ring (bicyclic) bond motifs is 1. The maximum atomic E-state index is 13.1. The molecule has 3 N–H and O–H groups in total. The van der Waals surface area contributed by atoms with Gasteiger partial charge in [0.1, 0.15) is 10.7 Å². The quantitative estimate of drug-likeness (QED) is 0.395. The van der Waals surface area contributed by atoms with Gasteiger partial charge in [0.05, 0.1) is 35.1 Å². The molecule has 2 aromatic carbocycles. The van der Waals surface area contributed by atoms with Crippen LogP contribution in [0, 0.1) is 11.3 Å². The van der Waals surface area contributed by atoms with Crippen molar-refractivity contribution in [3.8, 4) is 6.07 Å². The number of nitriles is 1. The van der Waals surface area contributed by atoms with Gasteiger partial charge in [-0.25, -0.2) is 13.4 Å². The van der Waals surface area contributed by atoms with Gasteiger partial charge in [-0.3, -0.25) is 9.71 Å². The second kappa shape index (κ2) is 8.91. The molecule has 4 rings (SSSR count). The molecule has 0 aliphatic carbocycles. The zero-order chi connectivity index (χ0) is 22.6. The molecule has 9 heteroatoms. The van der Waals surface area contributed by atoms with Crippen LogP contribution < -0.4 is 15.4 Å². The van der Waals surface area contributed by atoms with Crippen LogP contribution in [0.2, 0.25) is 0 Å². The number of sulfonamides is 1. The molecule has 0 amide bonds. The van der Waals surface area contributed by atoms with Crippen molar-refractivity contribution in [1.82, 2.24) is 9.97 Å². The Bertz CT molecular complexity index is 1410. The summed E-state index contributed by atoms with van der Waals surface area (Å²) in [5.41, 5.74) is 3.19. The van der Waals surface area contributed by atoms with Crippen LogP contribution in [0.3, 0.4) is 0 Å². The summed E-state index contributed by atoms with van der Waals surface area (Å²) in [6, 6.07) is 21.1. The van der Waals surface area contributed by atoms with Crippen LogP contribution >= 0.6 is 0 Å². The van der Waals surface area contributed by atoms with Crippen LogP contribution in [-0.4, -0.2) is 25.4 Å². The minimum absolute atomic E-state index is 0.0901. The van der Waals surface area contributed by atoms with Crippen LogP contribution in [0.15, 0.2) is 77.8 Å². The Labute approximate surface area is 186 Å². The molecule has 2 heterocycles. The monoisotopic (exact) mass is 444 g/mol. The largest absolute Gasteiger partial charge is 0.387 e. The standard InChI is InChI=1S/C23H20N6O2S/c1-25-19-11-12-22(28-20(19)15-27-18-9-7-16(14-24)8-10-18)29-32(30,31)21-6-2-4-17-5-3-13-26-23(17)21/h2-13,25,27H,15H2,1H3,(H,28,29). The third kappa shape index (κ3) is 4.45. The lowest BCUT2D eigenvalue weighted by molar-refractivity contribution is 0.601. The number of benzene rings is 2. The van der Waals surface area contributed by atoms with Gasteiger partial charge in [0.2, 0.25) is 0 Å². The van der Waals surface area contributed by atoms with Gasteiger partial charge in [0.15, 0.2) is 0 Å². The van der Waals surface area contributed by atoms with Gasteiger partial charge in [0, 0.05) is 24.3 Å². The molecular formula is C23H20N6O2S. The summed E-state index contributed by atoms with van der Waals surface area (Å²) in [7, 11) is -2.13. The van der Waals surface area contributed by atoms with Crippen LogP contribution in [0.1, 0.15) is 11.3 Å². The highest BCUT2D eigenvalue weighted by Crippen LogP contribution is 2.24. The first-order chi connectivity index (χ1) is 15.5. The molecule has 8 nitrogen and oxygen atoms in total. The molecule has 0 saturated heterocycles. The van der Waals surface area contributed by atoms with E-state index in [4.69, 9.17) is 5.26 Å². The number of rotatable bonds is 7. The first-order valence-corrected chi connectivity index (χ1v) is 11.3. The van der Waals surface area contributed by atoms with E-state index in [2.05, 4.69) is 31.4 Å². The van der Waals surface area contributed by atoms with Gasteiger partial charge < -0.3 is 10.6 Å². The summed E-state index contributed by atoms with van der Waals surface area (Å²) in [5.74, 6) is 0.202. The van der Waals surface area contributed by atoms with E-state index >= 15 is 0 Å². The molecule has 0 radical (unpaired) electrons. The molecule has 0 aliphatic heterocycles. The van der Waals surface area contributed by atoms with E-state index in [1.165, 1.54) is 6.07 Å². The average Bonchev–Trinajstić information content (AvgIpc) is 2.82. The number of pyridine rings is 2. The first-order valence-electron chi connectivity index (χ1n) is 9.78. The lowest BCUT2D eigenvalue weighted by atomic mass is 10.2. The summed E-state index contributed by atoms with van der Waals surface area (Å²) in [5, 5.41) is 16.0. The van der Waals surface area contributed by atoms with Crippen molar-refractivity contribution in [2.45, 2.75) is 11.4 Å². The second-order valence-electron chi connectivity index (χ2n) is 6.92. The molecule has 0 spiro atoms. The molecule has 0 aliphatic rings. The zero-order valence-electron chi connectivity index (χ0n) is 17.2. The fourth-order valence-electron chi connectivity index (χ4n) is 3.25. The summed E-state index contributed by atoms with van der Waals surface area (Å²) >= 11 is 0. The molecule has 0 unspecified atom stereocenters. The second-order valence-corrected chi connectivity index (χ2v) is 8.57. The van der Waals surface area contributed by atoms with Crippen molar-refractivity contribution in [2.75, 3.05) is 22.4 Å². The van der Waals surface area contributed by atoms with Gasteiger partial charge >= 0.3 is 0 Å². The van der Waals surface area contributed by atoms with E-state index in [9.17, 15) is 8.42 Å². The fraction of sp³-hybridized carbons (Fsp3) is 0.0870. The Morgan fingerprint density at radius 1 is 1.00 bits per heavy atom. The van der Waals surface area contributed by atoms with E-state index in [0.717, 1.165) is 16.8 Å². The number of hydrogen-bond acceptors (Lipinski definition) is 7. The molecule has 0 atom stereocenters. The Kier molecular flexibility index (Phi) is 5.87. The Morgan fingerprint density at radius 2 is 1.78 bits per heavy atom. The van der Waals surface area contributed by atoms with Gasteiger partial charge in [-0.15, -0.1) is 0 Å².